The zero-order chi connectivity index (χ0) is 22.5. The van der Waals surface area contributed by atoms with Gasteiger partial charge in [0.2, 0.25) is 16.8 Å². The molecule has 0 radical (unpaired) electrons. The summed E-state index contributed by atoms with van der Waals surface area (Å²) in [5, 5.41) is 11.1. The summed E-state index contributed by atoms with van der Waals surface area (Å²) >= 11 is 0. The van der Waals surface area contributed by atoms with Crippen LogP contribution in [0.1, 0.15) is 16.2 Å². The molecule has 11 nitrogen and oxygen atoms in total. The maximum absolute atomic E-state index is 12.9. The van der Waals surface area contributed by atoms with Crippen molar-refractivity contribution in [2.45, 2.75) is 11.8 Å². The molecule has 168 valence electrons. The molecule has 0 saturated carbocycles. The van der Waals surface area contributed by atoms with Crippen molar-refractivity contribution in [2.75, 3.05) is 33.0 Å². The van der Waals surface area contributed by atoms with Crippen molar-refractivity contribution in [1.82, 2.24) is 29.2 Å². The van der Waals surface area contributed by atoms with E-state index in [1.54, 1.807) is 31.0 Å². The Bertz CT molecular complexity index is 1290. The average Bonchev–Trinajstić information content (AvgIpc) is 3.53. The number of aromatic amines is 1. The van der Waals surface area contributed by atoms with Crippen LogP contribution in [0.4, 0.5) is 0 Å². The largest absolute Gasteiger partial charge is 0.454 e. The number of sulfonamides is 1. The number of rotatable bonds is 4. The zero-order valence-electron chi connectivity index (χ0n) is 17.6. The number of hydrogen-bond acceptors (Lipinski definition) is 7. The molecule has 32 heavy (non-hydrogen) atoms. The van der Waals surface area contributed by atoms with Crippen LogP contribution in [0.25, 0.3) is 11.3 Å². The minimum absolute atomic E-state index is 0.186. The summed E-state index contributed by atoms with van der Waals surface area (Å²) in [6.45, 7) is 2.91. The first kappa shape index (κ1) is 20.5. The van der Waals surface area contributed by atoms with Gasteiger partial charge in [-0.2, -0.15) is 14.5 Å². The van der Waals surface area contributed by atoms with Gasteiger partial charge in [-0.05, 0) is 31.2 Å². The molecule has 2 aromatic heterocycles. The maximum atomic E-state index is 12.9. The van der Waals surface area contributed by atoms with Gasteiger partial charge in [0.05, 0.1) is 17.6 Å². The summed E-state index contributed by atoms with van der Waals surface area (Å²) in [7, 11) is -1.95. The van der Waals surface area contributed by atoms with Crippen LogP contribution in [0.3, 0.4) is 0 Å². The highest BCUT2D eigenvalue weighted by Crippen LogP contribution is 2.35. The molecule has 2 aliphatic rings. The van der Waals surface area contributed by atoms with Gasteiger partial charge in [0.15, 0.2) is 11.5 Å². The Morgan fingerprint density at radius 1 is 1.09 bits per heavy atom. The Balaban J connectivity index is 1.27. The van der Waals surface area contributed by atoms with E-state index < -0.39 is 10.0 Å². The molecule has 4 heterocycles. The minimum atomic E-state index is -3.65. The molecule has 1 fully saturated rings. The van der Waals surface area contributed by atoms with E-state index in [1.165, 1.54) is 15.2 Å². The number of H-pyrrole nitrogens is 1. The predicted octanol–water partition coefficient (Wildman–Crippen LogP) is 0.994. The number of ether oxygens (including phenoxy) is 2. The van der Waals surface area contributed by atoms with Crippen LogP contribution in [-0.4, -0.2) is 76.5 Å². The summed E-state index contributed by atoms with van der Waals surface area (Å²) in [6, 6.07) is 7.15. The van der Waals surface area contributed by atoms with Crippen molar-refractivity contribution in [3.63, 3.8) is 0 Å². The number of aryl methyl sites for hydroxylation is 1. The molecule has 2 aliphatic heterocycles. The number of piperazine rings is 1. The van der Waals surface area contributed by atoms with Crippen molar-refractivity contribution in [2.24, 2.45) is 7.05 Å². The monoisotopic (exact) mass is 458 g/mol. The predicted molar refractivity (Wildman–Crippen MR) is 113 cm³/mol. The Hall–Kier alpha value is -3.38. The van der Waals surface area contributed by atoms with E-state index in [-0.39, 0.29) is 43.8 Å². The van der Waals surface area contributed by atoms with Crippen LogP contribution >= 0.6 is 0 Å². The quantitative estimate of drug-likeness (QED) is 0.619. The first-order valence-electron chi connectivity index (χ1n) is 10.1. The van der Waals surface area contributed by atoms with Gasteiger partial charge < -0.3 is 14.4 Å². The van der Waals surface area contributed by atoms with E-state index >= 15 is 0 Å². The average molecular weight is 459 g/mol. The van der Waals surface area contributed by atoms with E-state index in [0.717, 1.165) is 5.56 Å². The highest BCUT2D eigenvalue weighted by atomic mass is 32.2. The lowest BCUT2D eigenvalue weighted by Crippen LogP contribution is -2.50. The van der Waals surface area contributed by atoms with E-state index in [2.05, 4.69) is 15.3 Å². The molecule has 1 aromatic carbocycles. The van der Waals surface area contributed by atoms with Crippen LogP contribution in [0.15, 0.2) is 35.4 Å². The van der Waals surface area contributed by atoms with Crippen LogP contribution in [-0.2, 0) is 17.1 Å². The van der Waals surface area contributed by atoms with Crippen molar-refractivity contribution < 1.29 is 22.7 Å². The number of fused-ring (bicyclic) bond motifs is 1. The third kappa shape index (κ3) is 3.41. The van der Waals surface area contributed by atoms with E-state index in [4.69, 9.17) is 9.47 Å². The zero-order valence-corrected chi connectivity index (χ0v) is 18.4. The van der Waals surface area contributed by atoms with Gasteiger partial charge in [-0.3, -0.25) is 14.6 Å². The first-order valence-corrected chi connectivity index (χ1v) is 11.5. The Morgan fingerprint density at radius 3 is 2.56 bits per heavy atom. The Morgan fingerprint density at radius 2 is 1.84 bits per heavy atom. The number of amides is 1. The summed E-state index contributed by atoms with van der Waals surface area (Å²) in [6.07, 6.45) is 1.37. The highest BCUT2D eigenvalue weighted by Gasteiger charge is 2.33. The second kappa shape index (κ2) is 7.64. The summed E-state index contributed by atoms with van der Waals surface area (Å²) in [4.78, 5) is 14.8. The minimum Gasteiger partial charge on any atom is -0.454 e. The normalized spacial score (nSPS) is 16.5. The van der Waals surface area contributed by atoms with Gasteiger partial charge in [-0.15, -0.1) is 0 Å². The molecular weight excluding hydrogens is 436 g/mol. The van der Waals surface area contributed by atoms with Gasteiger partial charge in [0.1, 0.15) is 10.6 Å². The molecule has 0 unspecified atom stereocenters. The molecule has 1 N–H and O–H groups in total. The lowest BCUT2D eigenvalue weighted by molar-refractivity contribution is 0.0692. The van der Waals surface area contributed by atoms with Crippen LogP contribution < -0.4 is 9.47 Å². The second-order valence-corrected chi connectivity index (χ2v) is 9.56. The van der Waals surface area contributed by atoms with Gasteiger partial charge in [0.25, 0.3) is 5.91 Å². The number of benzene rings is 1. The summed E-state index contributed by atoms with van der Waals surface area (Å²) in [5.74, 6) is 1.09. The highest BCUT2D eigenvalue weighted by molar-refractivity contribution is 7.89. The number of carbonyl (C=O) groups is 1. The van der Waals surface area contributed by atoms with Crippen molar-refractivity contribution in [3.8, 4) is 22.8 Å². The van der Waals surface area contributed by atoms with Crippen molar-refractivity contribution >= 4 is 15.9 Å². The fourth-order valence-corrected chi connectivity index (χ4v) is 5.42. The van der Waals surface area contributed by atoms with Crippen LogP contribution in [0, 0.1) is 6.92 Å². The van der Waals surface area contributed by atoms with Gasteiger partial charge >= 0.3 is 0 Å². The summed E-state index contributed by atoms with van der Waals surface area (Å²) < 4.78 is 39.5. The number of nitrogens with zero attached hydrogens (tertiary/aromatic N) is 5. The molecule has 1 amide bonds. The lowest BCUT2D eigenvalue weighted by Gasteiger charge is -2.33. The lowest BCUT2D eigenvalue weighted by atomic mass is 10.1. The second-order valence-electron chi connectivity index (χ2n) is 7.65. The topological polar surface area (TPSA) is 123 Å². The molecule has 1 saturated heterocycles. The SMILES string of the molecule is Cc1c(S(=O)(=O)N2CCN(C(=O)c3cc(-c4ccc5c(c4)OCO5)n[nH]3)CC2)cnn1C. The van der Waals surface area contributed by atoms with E-state index in [0.29, 0.717) is 28.6 Å². The third-order valence-electron chi connectivity index (χ3n) is 5.81. The third-order valence-corrected chi connectivity index (χ3v) is 7.81. The molecule has 0 atom stereocenters. The first-order chi connectivity index (χ1) is 15.3. The van der Waals surface area contributed by atoms with E-state index in [9.17, 15) is 13.2 Å². The molecule has 5 rings (SSSR count). The molecule has 0 spiro atoms. The fraction of sp³-hybridized carbons (Fsp3) is 0.350. The number of nitrogens with one attached hydrogen (secondary N) is 1. The van der Waals surface area contributed by atoms with Crippen LogP contribution in [0.2, 0.25) is 0 Å². The molecule has 12 heteroatoms. The summed E-state index contributed by atoms with van der Waals surface area (Å²) in [5.41, 5.74) is 2.33. The molecular formula is C20H22N6O5S. The maximum Gasteiger partial charge on any atom is 0.271 e. The van der Waals surface area contributed by atoms with Gasteiger partial charge in [-0.1, -0.05) is 0 Å². The van der Waals surface area contributed by atoms with Gasteiger partial charge in [0, 0.05) is 38.8 Å². The van der Waals surface area contributed by atoms with E-state index in [1.807, 2.05) is 12.1 Å². The number of aromatic nitrogens is 4. The van der Waals surface area contributed by atoms with Crippen molar-refractivity contribution in [1.29, 1.82) is 0 Å². The Kier molecular flexibility index (Phi) is 4.90. The number of hydrogen-bond donors (Lipinski definition) is 1. The molecule has 0 bridgehead atoms. The van der Waals surface area contributed by atoms with Gasteiger partial charge in [-0.25, -0.2) is 8.42 Å². The fourth-order valence-electron chi connectivity index (χ4n) is 3.81. The molecule has 0 aliphatic carbocycles. The molecule has 3 aromatic rings. The van der Waals surface area contributed by atoms with Crippen LogP contribution in [0.5, 0.6) is 11.5 Å². The Labute approximate surface area is 184 Å². The number of carbonyl (C=O) groups excluding carboxylic acids is 1. The standard InChI is InChI=1S/C20H22N6O5S/c1-13-19(11-21-24(13)2)32(28,29)26-7-5-25(6-8-26)20(27)16-10-15(22-23-16)14-3-4-17-18(9-14)31-12-30-17/h3-4,9-11H,5-8,12H2,1-2H3,(H,22,23). The smallest absolute Gasteiger partial charge is 0.271 e. The van der Waals surface area contributed by atoms with Crippen molar-refractivity contribution in [3.05, 3.63) is 41.9 Å².